The highest BCUT2D eigenvalue weighted by Gasteiger charge is 2.18. The molecular weight excluding hydrogens is 336 g/mol. The first-order valence-corrected chi connectivity index (χ1v) is 7.99. The van der Waals surface area contributed by atoms with Crippen LogP contribution in [-0.4, -0.2) is 62.1 Å². The molecule has 0 saturated carbocycles. The van der Waals surface area contributed by atoms with Crippen LogP contribution in [0, 0.1) is 0 Å². The molecule has 0 aromatic heterocycles. The molecule has 2 amide bonds. The molecule has 1 aliphatic rings. The molecule has 130 valence electrons. The molecule has 7 nitrogen and oxygen atoms in total. The minimum Gasteiger partial charge on any atom is -0.456 e. The molecule has 8 heteroatoms. The SMILES string of the molecule is O=C(CCNC(=O)c1ccc(Cl)cc1)OCC(=O)N1CCOCC1. The monoisotopic (exact) mass is 354 g/mol. The Morgan fingerprint density at radius 2 is 1.83 bits per heavy atom. The van der Waals surface area contributed by atoms with Crippen LogP contribution in [0.2, 0.25) is 5.02 Å². The van der Waals surface area contributed by atoms with Crippen molar-refractivity contribution in [3.63, 3.8) is 0 Å². The van der Waals surface area contributed by atoms with Crippen molar-refractivity contribution in [2.45, 2.75) is 6.42 Å². The Labute approximate surface area is 144 Å². The van der Waals surface area contributed by atoms with Crippen LogP contribution in [0.4, 0.5) is 0 Å². The van der Waals surface area contributed by atoms with E-state index in [2.05, 4.69) is 5.32 Å². The van der Waals surface area contributed by atoms with Crippen LogP contribution in [0.5, 0.6) is 0 Å². The number of hydrogen-bond donors (Lipinski definition) is 1. The summed E-state index contributed by atoms with van der Waals surface area (Å²) < 4.78 is 10.1. The van der Waals surface area contributed by atoms with Crippen molar-refractivity contribution in [2.24, 2.45) is 0 Å². The van der Waals surface area contributed by atoms with Gasteiger partial charge in [-0.05, 0) is 24.3 Å². The number of morpholine rings is 1. The molecule has 1 aromatic rings. The number of halogens is 1. The smallest absolute Gasteiger partial charge is 0.308 e. The van der Waals surface area contributed by atoms with Crippen LogP contribution in [0.25, 0.3) is 0 Å². The number of rotatable bonds is 6. The first-order chi connectivity index (χ1) is 11.6. The molecular formula is C16H19ClN2O5. The summed E-state index contributed by atoms with van der Waals surface area (Å²) in [6.07, 6.45) is -0.00425. The van der Waals surface area contributed by atoms with E-state index in [1.54, 1.807) is 29.2 Å². The number of ether oxygens (including phenoxy) is 2. The van der Waals surface area contributed by atoms with Crippen molar-refractivity contribution in [3.8, 4) is 0 Å². The molecule has 1 saturated heterocycles. The van der Waals surface area contributed by atoms with Crippen LogP contribution < -0.4 is 5.32 Å². The predicted molar refractivity (Wildman–Crippen MR) is 86.8 cm³/mol. The third-order valence-corrected chi connectivity index (χ3v) is 3.69. The molecule has 24 heavy (non-hydrogen) atoms. The van der Waals surface area contributed by atoms with E-state index in [1.165, 1.54) is 0 Å². The van der Waals surface area contributed by atoms with E-state index >= 15 is 0 Å². The third-order valence-electron chi connectivity index (χ3n) is 3.44. The lowest BCUT2D eigenvalue weighted by atomic mass is 10.2. The number of nitrogens with zero attached hydrogens (tertiary/aromatic N) is 1. The summed E-state index contributed by atoms with van der Waals surface area (Å²) in [5.74, 6) is -1.08. The molecule has 0 atom stereocenters. The fraction of sp³-hybridized carbons (Fsp3) is 0.438. The first kappa shape index (κ1) is 18.2. The second kappa shape index (κ2) is 9.24. The zero-order valence-corrected chi connectivity index (χ0v) is 13.9. The van der Waals surface area contributed by atoms with Crippen LogP contribution >= 0.6 is 11.6 Å². The minimum absolute atomic E-state index is 0.00425. The zero-order valence-electron chi connectivity index (χ0n) is 13.1. The Morgan fingerprint density at radius 3 is 2.50 bits per heavy atom. The van der Waals surface area contributed by atoms with Gasteiger partial charge in [0.05, 0.1) is 19.6 Å². The van der Waals surface area contributed by atoms with Gasteiger partial charge < -0.3 is 19.7 Å². The van der Waals surface area contributed by atoms with Crippen molar-refractivity contribution >= 4 is 29.4 Å². The summed E-state index contributed by atoms with van der Waals surface area (Å²) in [7, 11) is 0. The molecule has 2 rings (SSSR count). The summed E-state index contributed by atoms with van der Waals surface area (Å²) in [6.45, 7) is 1.85. The maximum atomic E-state index is 11.8. The Bertz CT molecular complexity index is 585. The Kier molecular flexibility index (Phi) is 7.02. The maximum absolute atomic E-state index is 11.8. The average molecular weight is 355 g/mol. The van der Waals surface area contributed by atoms with Gasteiger partial charge in [-0.25, -0.2) is 0 Å². The van der Waals surface area contributed by atoms with Gasteiger partial charge in [-0.15, -0.1) is 0 Å². The lowest BCUT2D eigenvalue weighted by molar-refractivity contribution is -0.153. The topological polar surface area (TPSA) is 84.9 Å². The van der Waals surface area contributed by atoms with Gasteiger partial charge in [0, 0.05) is 30.2 Å². The zero-order chi connectivity index (χ0) is 17.4. The van der Waals surface area contributed by atoms with Gasteiger partial charge in [0.1, 0.15) is 0 Å². The van der Waals surface area contributed by atoms with Gasteiger partial charge in [-0.2, -0.15) is 0 Å². The van der Waals surface area contributed by atoms with Gasteiger partial charge in [0.25, 0.3) is 11.8 Å². The lowest BCUT2D eigenvalue weighted by Gasteiger charge is -2.26. The van der Waals surface area contributed by atoms with Gasteiger partial charge >= 0.3 is 5.97 Å². The molecule has 1 aromatic carbocycles. The molecule has 0 bridgehead atoms. The fourth-order valence-electron chi connectivity index (χ4n) is 2.10. The third kappa shape index (κ3) is 5.82. The number of carbonyl (C=O) groups is 3. The van der Waals surface area contributed by atoms with Crippen molar-refractivity contribution in [1.29, 1.82) is 0 Å². The fourth-order valence-corrected chi connectivity index (χ4v) is 2.23. The molecule has 1 fully saturated rings. The quantitative estimate of drug-likeness (QED) is 0.766. The summed E-state index contributed by atoms with van der Waals surface area (Å²) in [5.41, 5.74) is 0.454. The van der Waals surface area contributed by atoms with Crippen molar-refractivity contribution in [1.82, 2.24) is 10.2 Å². The van der Waals surface area contributed by atoms with Crippen LogP contribution in [-0.2, 0) is 19.1 Å². The van der Waals surface area contributed by atoms with E-state index in [9.17, 15) is 14.4 Å². The number of amides is 2. The average Bonchev–Trinajstić information content (AvgIpc) is 2.61. The minimum atomic E-state index is -0.534. The van der Waals surface area contributed by atoms with E-state index in [0.717, 1.165) is 0 Å². The van der Waals surface area contributed by atoms with E-state index < -0.39 is 5.97 Å². The number of hydrogen-bond acceptors (Lipinski definition) is 5. The van der Waals surface area contributed by atoms with E-state index in [1.807, 2.05) is 0 Å². The Morgan fingerprint density at radius 1 is 1.17 bits per heavy atom. The molecule has 0 spiro atoms. The second-order valence-corrected chi connectivity index (χ2v) is 5.60. The molecule has 0 aliphatic carbocycles. The van der Waals surface area contributed by atoms with E-state index in [-0.39, 0.29) is 31.4 Å². The molecule has 0 radical (unpaired) electrons. The molecule has 1 aliphatic heterocycles. The normalized spacial score (nSPS) is 14.1. The van der Waals surface area contributed by atoms with Crippen molar-refractivity contribution in [3.05, 3.63) is 34.9 Å². The van der Waals surface area contributed by atoms with Gasteiger partial charge in [-0.1, -0.05) is 11.6 Å². The number of carbonyl (C=O) groups excluding carboxylic acids is 3. The number of benzene rings is 1. The summed E-state index contributed by atoms with van der Waals surface area (Å²) >= 11 is 5.75. The van der Waals surface area contributed by atoms with Crippen molar-refractivity contribution in [2.75, 3.05) is 39.5 Å². The standard InChI is InChI=1S/C16H19ClN2O5/c17-13-3-1-12(2-4-13)16(22)18-6-5-15(21)24-11-14(20)19-7-9-23-10-8-19/h1-4H,5-11H2,(H,18,22). The van der Waals surface area contributed by atoms with Gasteiger partial charge in [0.2, 0.25) is 0 Å². The van der Waals surface area contributed by atoms with Crippen LogP contribution in [0.1, 0.15) is 16.8 Å². The van der Waals surface area contributed by atoms with Gasteiger partial charge in [0.15, 0.2) is 6.61 Å². The number of esters is 1. The Balaban J connectivity index is 1.63. The highest BCUT2D eigenvalue weighted by Crippen LogP contribution is 2.09. The summed E-state index contributed by atoms with van der Waals surface area (Å²) in [4.78, 5) is 36.8. The Hall–Kier alpha value is -2.12. The molecule has 1 heterocycles. The largest absolute Gasteiger partial charge is 0.456 e. The second-order valence-electron chi connectivity index (χ2n) is 5.17. The van der Waals surface area contributed by atoms with Gasteiger partial charge in [-0.3, -0.25) is 14.4 Å². The highest BCUT2D eigenvalue weighted by atomic mass is 35.5. The molecule has 1 N–H and O–H groups in total. The van der Waals surface area contributed by atoms with Crippen LogP contribution in [0.3, 0.4) is 0 Å². The predicted octanol–water partition coefficient (Wildman–Crippen LogP) is 0.862. The van der Waals surface area contributed by atoms with Crippen molar-refractivity contribution < 1.29 is 23.9 Å². The maximum Gasteiger partial charge on any atom is 0.308 e. The molecule has 0 unspecified atom stereocenters. The summed E-state index contributed by atoms with van der Waals surface area (Å²) in [6, 6.07) is 6.41. The first-order valence-electron chi connectivity index (χ1n) is 7.61. The van der Waals surface area contributed by atoms with E-state index in [4.69, 9.17) is 21.1 Å². The van der Waals surface area contributed by atoms with Crippen LogP contribution in [0.15, 0.2) is 24.3 Å². The number of nitrogens with one attached hydrogen (secondary N) is 1. The lowest BCUT2D eigenvalue weighted by Crippen LogP contribution is -2.42. The summed E-state index contributed by atoms with van der Waals surface area (Å²) in [5, 5.41) is 3.15. The highest BCUT2D eigenvalue weighted by molar-refractivity contribution is 6.30. The van der Waals surface area contributed by atoms with E-state index in [0.29, 0.717) is 36.9 Å².